The van der Waals surface area contributed by atoms with Gasteiger partial charge in [-0.2, -0.15) is 0 Å². The summed E-state index contributed by atoms with van der Waals surface area (Å²) in [5, 5.41) is 0. The molecule has 0 unspecified atom stereocenters. The van der Waals surface area contributed by atoms with Gasteiger partial charge in [0, 0.05) is 18.8 Å². The van der Waals surface area contributed by atoms with E-state index in [0.29, 0.717) is 11.4 Å². The molecule has 0 spiro atoms. The van der Waals surface area contributed by atoms with Crippen molar-refractivity contribution in [3.05, 3.63) is 59.7 Å². The predicted octanol–water partition coefficient (Wildman–Crippen LogP) is 3.25. The number of rotatable bonds is 3. The molecule has 3 nitrogen and oxygen atoms in total. The minimum absolute atomic E-state index is 0.310. The van der Waals surface area contributed by atoms with Crippen molar-refractivity contribution in [3.8, 4) is 5.75 Å². The van der Waals surface area contributed by atoms with Crippen LogP contribution in [0.3, 0.4) is 0 Å². The maximum atomic E-state index is 13.6. The molecule has 0 atom stereocenters. The Labute approximate surface area is 115 Å². The topological polar surface area (TPSA) is 29.5 Å². The molecule has 0 heterocycles. The number of ether oxygens (including phenoxy) is 1. The van der Waals surface area contributed by atoms with E-state index in [0.717, 1.165) is 6.07 Å². The van der Waals surface area contributed by atoms with Crippen molar-refractivity contribution in [3.63, 3.8) is 0 Å². The molecule has 0 aliphatic carbocycles. The number of carbonyl (C=O) groups is 1. The van der Waals surface area contributed by atoms with Gasteiger partial charge < -0.3 is 9.64 Å². The molecular formula is C15H13F2NO2. The number of benzene rings is 2. The molecule has 0 radical (unpaired) electrons. The molecule has 0 saturated heterocycles. The minimum Gasteiger partial charge on any atom is -0.497 e. The first kappa shape index (κ1) is 14.0. The fourth-order valence-corrected chi connectivity index (χ4v) is 1.79. The van der Waals surface area contributed by atoms with Crippen LogP contribution in [-0.4, -0.2) is 20.1 Å². The molecular weight excluding hydrogens is 264 g/mol. The standard InChI is InChI=1S/C15H13F2NO2/c1-18(10-5-3-6-11(9-10)20-2)15(19)12-7-4-8-13(16)14(12)17/h3-9H,1-2H3. The molecule has 1 amide bonds. The van der Waals surface area contributed by atoms with Crippen LogP contribution in [0.5, 0.6) is 5.75 Å². The molecule has 2 aromatic rings. The average Bonchev–Trinajstić information content (AvgIpc) is 2.48. The Kier molecular flexibility index (Phi) is 3.98. The number of nitrogens with zero attached hydrogens (tertiary/aromatic N) is 1. The number of hydrogen-bond acceptors (Lipinski definition) is 2. The summed E-state index contributed by atoms with van der Waals surface area (Å²) < 4.78 is 31.8. The lowest BCUT2D eigenvalue weighted by atomic mass is 10.1. The first-order chi connectivity index (χ1) is 9.54. The summed E-state index contributed by atoms with van der Waals surface area (Å²) in [5.41, 5.74) is 0.216. The minimum atomic E-state index is -1.15. The average molecular weight is 277 g/mol. The zero-order valence-corrected chi connectivity index (χ0v) is 11.1. The quantitative estimate of drug-likeness (QED) is 0.862. The van der Waals surface area contributed by atoms with E-state index in [1.807, 2.05) is 0 Å². The zero-order chi connectivity index (χ0) is 14.7. The molecule has 104 valence electrons. The molecule has 2 rings (SSSR count). The van der Waals surface area contributed by atoms with Crippen LogP contribution in [-0.2, 0) is 0 Å². The summed E-state index contributed by atoms with van der Waals surface area (Å²) in [6.07, 6.45) is 0. The van der Waals surface area contributed by atoms with Crippen molar-refractivity contribution in [2.45, 2.75) is 0 Å². The molecule has 0 N–H and O–H groups in total. The summed E-state index contributed by atoms with van der Waals surface area (Å²) in [6.45, 7) is 0. The lowest BCUT2D eigenvalue weighted by Crippen LogP contribution is -2.27. The fourth-order valence-electron chi connectivity index (χ4n) is 1.79. The second-order valence-corrected chi connectivity index (χ2v) is 4.17. The normalized spacial score (nSPS) is 10.2. The van der Waals surface area contributed by atoms with Crippen molar-refractivity contribution in [1.82, 2.24) is 0 Å². The van der Waals surface area contributed by atoms with Crippen LogP contribution < -0.4 is 9.64 Å². The number of methoxy groups -OCH3 is 1. The van der Waals surface area contributed by atoms with Gasteiger partial charge in [0.1, 0.15) is 5.75 Å². The summed E-state index contributed by atoms with van der Waals surface area (Å²) in [6, 6.07) is 10.3. The SMILES string of the molecule is COc1cccc(N(C)C(=O)c2cccc(F)c2F)c1. The molecule has 2 aromatic carbocycles. The van der Waals surface area contributed by atoms with Crippen LogP contribution >= 0.6 is 0 Å². The lowest BCUT2D eigenvalue weighted by Gasteiger charge is -2.18. The van der Waals surface area contributed by atoms with E-state index in [2.05, 4.69) is 0 Å². The fraction of sp³-hybridized carbons (Fsp3) is 0.133. The Morgan fingerprint density at radius 3 is 2.55 bits per heavy atom. The Morgan fingerprint density at radius 2 is 1.85 bits per heavy atom. The Bertz CT molecular complexity index is 644. The molecule has 5 heteroatoms. The largest absolute Gasteiger partial charge is 0.497 e. The third kappa shape index (κ3) is 2.61. The van der Waals surface area contributed by atoms with Gasteiger partial charge in [0.15, 0.2) is 11.6 Å². The summed E-state index contributed by atoms with van der Waals surface area (Å²) in [7, 11) is 2.99. The molecule has 0 fully saturated rings. The van der Waals surface area contributed by atoms with Gasteiger partial charge in [-0.3, -0.25) is 4.79 Å². The van der Waals surface area contributed by atoms with Crippen LogP contribution in [0.1, 0.15) is 10.4 Å². The third-order valence-electron chi connectivity index (χ3n) is 2.93. The van der Waals surface area contributed by atoms with E-state index in [9.17, 15) is 13.6 Å². The van der Waals surface area contributed by atoms with Crippen LogP contribution in [0.25, 0.3) is 0 Å². The Morgan fingerprint density at radius 1 is 1.15 bits per heavy atom. The number of carbonyl (C=O) groups excluding carboxylic acids is 1. The van der Waals surface area contributed by atoms with Crippen molar-refractivity contribution >= 4 is 11.6 Å². The molecule has 0 bridgehead atoms. The number of anilines is 1. The first-order valence-electron chi connectivity index (χ1n) is 5.90. The van der Waals surface area contributed by atoms with Gasteiger partial charge in [0.05, 0.1) is 12.7 Å². The van der Waals surface area contributed by atoms with E-state index in [1.165, 1.54) is 31.2 Å². The van der Waals surface area contributed by atoms with Crippen LogP contribution in [0.2, 0.25) is 0 Å². The maximum absolute atomic E-state index is 13.6. The van der Waals surface area contributed by atoms with E-state index in [4.69, 9.17) is 4.74 Å². The molecule has 0 aliphatic rings. The number of amides is 1. The van der Waals surface area contributed by atoms with E-state index in [1.54, 1.807) is 24.3 Å². The van der Waals surface area contributed by atoms with Crippen molar-refractivity contribution < 1.29 is 18.3 Å². The second-order valence-electron chi connectivity index (χ2n) is 4.17. The Hall–Kier alpha value is -2.43. The zero-order valence-electron chi connectivity index (χ0n) is 11.1. The highest BCUT2D eigenvalue weighted by atomic mass is 19.2. The van der Waals surface area contributed by atoms with Crippen molar-refractivity contribution in [2.75, 3.05) is 19.1 Å². The molecule has 0 saturated carbocycles. The highest BCUT2D eigenvalue weighted by molar-refractivity contribution is 6.06. The van der Waals surface area contributed by atoms with Crippen molar-refractivity contribution in [2.24, 2.45) is 0 Å². The molecule has 20 heavy (non-hydrogen) atoms. The highest BCUT2D eigenvalue weighted by Gasteiger charge is 2.19. The van der Waals surface area contributed by atoms with Crippen LogP contribution in [0, 0.1) is 11.6 Å². The van der Waals surface area contributed by atoms with E-state index in [-0.39, 0.29) is 5.56 Å². The van der Waals surface area contributed by atoms with Crippen LogP contribution in [0.4, 0.5) is 14.5 Å². The summed E-state index contributed by atoms with van der Waals surface area (Å²) in [4.78, 5) is 13.4. The first-order valence-corrected chi connectivity index (χ1v) is 5.90. The van der Waals surface area contributed by atoms with Crippen molar-refractivity contribution in [1.29, 1.82) is 0 Å². The van der Waals surface area contributed by atoms with E-state index >= 15 is 0 Å². The number of halogens is 2. The van der Waals surface area contributed by atoms with Gasteiger partial charge in [-0.15, -0.1) is 0 Å². The molecule has 0 aromatic heterocycles. The second kappa shape index (κ2) is 5.69. The smallest absolute Gasteiger partial charge is 0.261 e. The van der Waals surface area contributed by atoms with Gasteiger partial charge in [0.25, 0.3) is 5.91 Å². The van der Waals surface area contributed by atoms with Crippen LogP contribution in [0.15, 0.2) is 42.5 Å². The lowest BCUT2D eigenvalue weighted by molar-refractivity contribution is 0.0988. The van der Waals surface area contributed by atoms with Gasteiger partial charge in [0.2, 0.25) is 0 Å². The third-order valence-corrected chi connectivity index (χ3v) is 2.93. The Balaban J connectivity index is 2.35. The van der Waals surface area contributed by atoms with Gasteiger partial charge in [-0.05, 0) is 24.3 Å². The highest BCUT2D eigenvalue weighted by Crippen LogP contribution is 2.22. The number of hydrogen-bond donors (Lipinski definition) is 0. The molecule has 0 aliphatic heterocycles. The van der Waals surface area contributed by atoms with E-state index < -0.39 is 17.5 Å². The monoisotopic (exact) mass is 277 g/mol. The predicted molar refractivity (Wildman–Crippen MR) is 72.1 cm³/mol. The van der Waals surface area contributed by atoms with Gasteiger partial charge in [-0.1, -0.05) is 12.1 Å². The van der Waals surface area contributed by atoms with Gasteiger partial charge >= 0.3 is 0 Å². The maximum Gasteiger partial charge on any atom is 0.261 e. The summed E-state index contributed by atoms with van der Waals surface area (Å²) in [5.74, 6) is -2.25. The van der Waals surface area contributed by atoms with Gasteiger partial charge in [-0.25, -0.2) is 8.78 Å². The summed E-state index contributed by atoms with van der Waals surface area (Å²) >= 11 is 0.